The van der Waals surface area contributed by atoms with Crippen LogP contribution in [-0.2, 0) is 6.42 Å². The molecule has 0 saturated carbocycles. The van der Waals surface area contributed by atoms with Crippen LogP contribution in [0.3, 0.4) is 0 Å². The molecule has 17 heavy (non-hydrogen) atoms. The van der Waals surface area contributed by atoms with Gasteiger partial charge in [-0.3, -0.25) is 0 Å². The predicted molar refractivity (Wildman–Crippen MR) is 70.8 cm³/mol. The fourth-order valence-corrected chi connectivity index (χ4v) is 1.73. The largest absolute Gasteiger partial charge is 0.493 e. The van der Waals surface area contributed by atoms with Crippen molar-refractivity contribution in [3.05, 3.63) is 23.8 Å². The molecule has 96 valence electrons. The highest BCUT2D eigenvalue weighted by atomic mass is 16.5. The maximum Gasteiger partial charge on any atom is 0.126 e. The molecule has 0 aliphatic carbocycles. The molecule has 0 bridgehead atoms. The van der Waals surface area contributed by atoms with E-state index in [1.807, 2.05) is 32.0 Å². The molecule has 0 fully saturated rings. The first-order valence-electron chi connectivity index (χ1n) is 6.35. The van der Waals surface area contributed by atoms with Crippen LogP contribution < -0.4 is 15.2 Å². The SMILES string of the molecule is CCOc1cccc(OCC)c1C[C@H](N)CC. The minimum Gasteiger partial charge on any atom is -0.493 e. The first kappa shape index (κ1) is 13.8. The van der Waals surface area contributed by atoms with E-state index < -0.39 is 0 Å². The fraction of sp³-hybridized carbons (Fsp3) is 0.571. The van der Waals surface area contributed by atoms with Gasteiger partial charge in [-0.2, -0.15) is 0 Å². The van der Waals surface area contributed by atoms with Gasteiger partial charge in [-0.25, -0.2) is 0 Å². The molecule has 1 rings (SSSR count). The van der Waals surface area contributed by atoms with Crippen LogP contribution in [0.25, 0.3) is 0 Å². The number of hydrogen-bond acceptors (Lipinski definition) is 3. The standard InChI is InChI=1S/C14H23NO2/c1-4-11(15)10-12-13(16-5-2)8-7-9-14(12)17-6-3/h7-9,11H,4-6,10,15H2,1-3H3/t11-/m1/s1. The van der Waals surface area contributed by atoms with Crippen molar-refractivity contribution in [2.75, 3.05) is 13.2 Å². The molecule has 0 aliphatic rings. The summed E-state index contributed by atoms with van der Waals surface area (Å²) in [5.41, 5.74) is 7.11. The lowest BCUT2D eigenvalue weighted by atomic mass is 10.0. The first-order chi connectivity index (χ1) is 8.22. The normalized spacial score (nSPS) is 12.2. The molecule has 2 N–H and O–H groups in total. The zero-order valence-electron chi connectivity index (χ0n) is 11.0. The van der Waals surface area contributed by atoms with Gasteiger partial charge in [-0.1, -0.05) is 13.0 Å². The second-order valence-corrected chi connectivity index (χ2v) is 3.97. The molecule has 1 aromatic rings. The van der Waals surface area contributed by atoms with Crippen LogP contribution in [-0.4, -0.2) is 19.3 Å². The minimum absolute atomic E-state index is 0.149. The summed E-state index contributed by atoms with van der Waals surface area (Å²) in [5.74, 6) is 1.78. The van der Waals surface area contributed by atoms with E-state index in [-0.39, 0.29) is 6.04 Å². The Morgan fingerprint density at radius 2 is 1.59 bits per heavy atom. The van der Waals surface area contributed by atoms with Crippen molar-refractivity contribution in [3.8, 4) is 11.5 Å². The van der Waals surface area contributed by atoms with Crippen molar-refractivity contribution < 1.29 is 9.47 Å². The molecule has 0 radical (unpaired) electrons. The number of rotatable bonds is 7. The summed E-state index contributed by atoms with van der Waals surface area (Å²) in [6, 6.07) is 6.06. The van der Waals surface area contributed by atoms with Gasteiger partial charge >= 0.3 is 0 Å². The Balaban J connectivity index is 2.99. The smallest absolute Gasteiger partial charge is 0.126 e. The Morgan fingerprint density at radius 1 is 1.06 bits per heavy atom. The van der Waals surface area contributed by atoms with E-state index in [1.165, 1.54) is 0 Å². The Morgan fingerprint density at radius 3 is 2.00 bits per heavy atom. The van der Waals surface area contributed by atoms with E-state index in [0.717, 1.165) is 29.9 Å². The Kier molecular flexibility index (Phi) is 5.84. The summed E-state index contributed by atoms with van der Waals surface area (Å²) in [6.45, 7) is 7.37. The lowest BCUT2D eigenvalue weighted by Crippen LogP contribution is -2.22. The average molecular weight is 237 g/mol. The lowest BCUT2D eigenvalue weighted by Gasteiger charge is -2.17. The van der Waals surface area contributed by atoms with Gasteiger partial charge in [-0.15, -0.1) is 0 Å². The topological polar surface area (TPSA) is 44.5 Å². The molecule has 1 atom stereocenters. The van der Waals surface area contributed by atoms with E-state index in [9.17, 15) is 0 Å². The number of ether oxygens (including phenoxy) is 2. The van der Waals surface area contributed by atoms with Crippen molar-refractivity contribution in [3.63, 3.8) is 0 Å². The Labute approximate surface area is 104 Å². The zero-order valence-corrected chi connectivity index (χ0v) is 11.0. The molecule has 1 aromatic carbocycles. The molecule has 0 spiro atoms. The third-order valence-corrected chi connectivity index (χ3v) is 2.68. The molecule has 0 saturated heterocycles. The highest BCUT2D eigenvalue weighted by Crippen LogP contribution is 2.30. The molecular formula is C14H23NO2. The van der Waals surface area contributed by atoms with Gasteiger partial charge < -0.3 is 15.2 Å². The maximum atomic E-state index is 6.02. The maximum absolute atomic E-state index is 6.02. The molecular weight excluding hydrogens is 214 g/mol. The third kappa shape index (κ3) is 3.93. The average Bonchev–Trinajstić information content (AvgIpc) is 2.33. The highest BCUT2D eigenvalue weighted by Gasteiger charge is 2.13. The van der Waals surface area contributed by atoms with E-state index in [4.69, 9.17) is 15.2 Å². The predicted octanol–water partition coefficient (Wildman–Crippen LogP) is 2.76. The summed E-state index contributed by atoms with van der Waals surface area (Å²) < 4.78 is 11.3. The lowest BCUT2D eigenvalue weighted by molar-refractivity contribution is 0.315. The summed E-state index contributed by atoms with van der Waals surface area (Å²) in [5, 5.41) is 0. The van der Waals surface area contributed by atoms with E-state index >= 15 is 0 Å². The third-order valence-electron chi connectivity index (χ3n) is 2.68. The van der Waals surface area contributed by atoms with Crippen LogP contribution in [0.4, 0.5) is 0 Å². The van der Waals surface area contributed by atoms with Gasteiger partial charge in [0.1, 0.15) is 11.5 Å². The van der Waals surface area contributed by atoms with Gasteiger partial charge in [0.05, 0.1) is 13.2 Å². The summed E-state index contributed by atoms with van der Waals surface area (Å²) in [4.78, 5) is 0. The van der Waals surface area contributed by atoms with Gasteiger partial charge in [0.25, 0.3) is 0 Å². The van der Waals surface area contributed by atoms with E-state index in [0.29, 0.717) is 13.2 Å². The van der Waals surface area contributed by atoms with Crippen molar-refractivity contribution in [1.82, 2.24) is 0 Å². The monoisotopic (exact) mass is 237 g/mol. The minimum atomic E-state index is 0.149. The second-order valence-electron chi connectivity index (χ2n) is 3.97. The fourth-order valence-electron chi connectivity index (χ4n) is 1.73. The van der Waals surface area contributed by atoms with Crippen molar-refractivity contribution in [2.24, 2.45) is 5.73 Å². The highest BCUT2D eigenvalue weighted by molar-refractivity contribution is 5.45. The molecule has 0 amide bonds. The van der Waals surface area contributed by atoms with Crippen LogP contribution in [0.1, 0.15) is 32.8 Å². The van der Waals surface area contributed by atoms with Gasteiger partial charge in [0.15, 0.2) is 0 Å². The van der Waals surface area contributed by atoms with Crippen LogP contribution in [0.5, 0.6) is 11.5 Å². The van der Waals surface area contributed by atoms with E-state index in [1.54, 1.807) is 0 Å². The van der Waals surface area contributed by atoms with Crippen molar-refractivity contribution in [2.45, 2.75) is 39.7 Å². The van der Waals surface area contributed by atoms with Crippen LogP contribution in [0.15, 0.2) is 18.2 Å². The van der Waals surface area contributed by atoms with Gasteiger partial charge in [0.2, 0.25) is 0 Å². The van der Waals surface area contributed by atoms with Gasteiger partial charge in [0, 0.05) is 11.6 Å². The number of benzene rings is 1. The molecule has 3 nitrogen and oxygen atoms in total. The van der Waals surface area contributed by atoms with E-state index in [2.05, 4.69) is 6.92 Å². The summed E-state index contributed by atoms with van der Waals surface area (Å²) in [7, 11) is 0. The van der Waals surface area contributed by atoms with Crippen LogP contribution in [0, 0.1) is 0 Å². The van der Waals surface area contributed by atoms with Crippen molar-refractivity contribution >= 4 is 0 Å². The van der Waals surface area contributed by atoms with Crippen LogP contribution >= 0.6 is 0 Å². The van der Waals surface area contributed by atoms with Crippen LogP contribution in [0.2, 0.25) is 0 Å². The summed E-state index contributed by atoms with van der Waals surface area (Å²) >= 11 is 0. The molecule has 0 aromatic heterocycles. The molecule has 3 heteroatoms. The molecule has 0 unspecified atom stereocenters. The number of nitrogens with two attached hydrogens (primary N) is 1. The first-order valence-corrected chi connectivity index (χ1v) is 6.35. The Bertz CT molecular complexity index is 315. The zero-order chi connectivity index (χ0) is 12.7. The summed E-state index contributed by atoms with van der Waals surface area (Å²) in [6.07, 6.45) is 1.74. The molecule has 0 aliphatic heterocycles. The Hall–Kier alpha value is -1.22. The molecule has 0 heterocycles. The second kappa shape index (κ2) is 7.17. The quantitative estimate of drug-likeness (QED) is 0.793. The number of hydrogen-bond donors (Lipinski definition) is 1. The van der Waals surface area contributed by atoms with Gasteiger partial charge in [-0.05, 0) is 38.8 Å². The van der Waals surface area contributed by atoms with Crippen molar-refractivity contribution in [1.29, 1.82) is 0 Å².